The fourth-order valence-electron chi connectivity index (χ4n) is 0.604. The smallest absolute Gasteiger partial charge is 0.141 e. The van der Waals surface area contributed by atoms with E-state index in [0.717, 1.165) is 11.5 Å². The first-order chi connectivity index (χ1) is 4.79. The SMILES string of the molecule is CC(Br)CSC1N=CCS1. The number of halogens is 1. The molecule has 0 aromatic rings. The summed E-state index contributed by atoms with van der Waals surface area (Å²) in [5.41, 5.74) is 0. The van der Waals surface area contributed by atoms with Gasteiger partial charge in [0.05, 0.1) is 0 Å². The number of aliphatic imine (C=N–C) groups is 1. The lowest BCUT2D eigenvalue weighted by Gasteiger charge is -2.06. The molecule has 0 saturated heterocycles. The van der Waals surface area contributed by atoms with Gasteiger partial charge in [-0.3, -0.25) is 4.99 Å². The van der Waals surface area contributed by atoms with E-state index in [0.29, 0.717) is 9.53 Å². The number of nitrogens with zero attached hydrogens (tertiary/aromatic N) is 1. The Kier molecular flexibility index (Phi) is 4.18. The van der Waals surface area contributed by atoms with E-state index in [4.69, 9.17) is 0 Å². The zero-order valence-corrected chi connectivity index (χ0v) is 9.01. The standard InChI is InChI=1S/C6H10BrNS2/c1-5(7)4-10-6-8-2-3-9-6/h2,5-6H,3-4H2,1H3. The highest BCUT2D eigenvalue weighted by Crippen LogP contribution is 2.29. The first-order valence-electron chi connectivity index (χ1n) is 3.18. The van der Waals surface area contributed by atoms with Crippen LogP contribution in [0.2, 0.25) is 0 Å². The zero-order valence-electron chi connectivity index (χ0n) is 5.79. The minimum atomic E-state index is 0.472. The second-order valence-corrected chi connectivity index (χ2v) is 6.17. The van der Waals surface area contributed by atoms with Gasteiger partial charge in [-0.2, -0.15) is 0 Å². The second-order valence-electron chi connectivity index (χ2n) is 2.09. The molecule has 10 heavy (non-hydrogen) atoms. The lowest BCUT2D eigenvalue weighted by atomic mass is 10.6. The summed E-state index contributed by atoms with van der Waals surface area (Å²) in [5, 5.41) is 0. The van der Waals surface area contributed by atoms with E-state index >= 15 is 0 Å². The second kappa shape index (κ2) is 4.67. The van der Waals surface area contributed by atoms with Gasteiger partial charge in [0.2, 0.25) is 0 Å². The van der Waals surface area contributed by atoms with Gasteiger partial charge in [0, 0.05) is 22.5 Å². The van der Waals surface area contributed by atoms with Crippen molar-refractivity contribution >= 4 is 45.7 Å². The van der Waals surface area contributed by atoms with Crippen molar-refractivity contribution in [3.8, 4) is 0 Å². The molecule has 2 atom stereocenters. The van der Waals surface area contributed by atoms with Gasteiger partial charge in [0.25, 0.3) is 0 Å². The molecule has 0 spiro atoms. The maximum Gasteiger partial charge on any atom is 0.141 e. The summed E-state index contributed by atoms with van der Waals surface area (Å²) < 4.78 is 0.472. The Labute approximate surface area is 78.6 Å². The number of rotatable bonds is 3. The predicted octanol–water partition coefficient (Wildman–Crippen LogP) is 2.60. The lowest BCUT2D eigenvalue weighted by Crippen LogP contribution is -1.97. The third-order valence-corrected chi connectivity index (χ3v) is 4.43. The van der Waals surface area contributed by atoms with Gasteiger partial charge in [0.1, 0.15) is 4.71 Å². The molecule has 0 amide bonds. The molecule has 1 aliphatic rings. The molecule has 1 aliphatic heterocycles. The largest absolute Gasteiger partial charge is 0.271 e. The first kappa shape index (κ1) is 8.94. The van der Waals surface area contributed by atoms with E-state index in [1.807, 2.05) is 29.7 Å². The Hall–Kier alpha value is 0.850. The average molecular weight is 240 g/mol. The van der Waals surface area contributed by atoms with Gasteiger partial charge in [-0.15, -0.1) is 23.5 Å². The van der Waals surface area contributed by atoms with E-state index in [2.05, 4.69) is 27.8 Å². The van der Waals surface area contributed by atoms with Crippen LogP contribution in [0, 0.1) is 0 Å². The van der Waals surface area contributed by atoms with E-state index in [-0.39, 0.29) is 0 Å². The van der Waals surface area contributed by atoms with Crippen LogP contribution in [0.3, 0.4) is 0 Å². The van der Waals surface area contributed by atoms with Crippen molar-refractivity contribution in [3.05, 3.63) is 0 Å². The van der Waals surface area contributed by atoms with E-state index in [1.54, 1.807) is 0 Å². The third kappa shape index (κ3) is 3.30. The van der Waals surface area contributed by atoms with Gasteiger partial charge < -0.3 is 0 Å². The van der Waals surface area contributed by atoms with Crippen LogP contribution in [0.25, 0.3) is 0 Å². The van der Waals surface area contributed by atoms with E-state index < -0.39 is 0 Å². The van der Waals surface area contributed by atoms with Crippen molar-refractivity contribution in [2.45, 2.75) is 16.5 Å². The predicted molar refractivity (Wildman–Crippen MR) is 55.6 cm³/mol. The van der Waals surface area contributed by atoms with Crippen molar-refractivity contribution in [2.75, 3.05) is 11.5 Å². The van der Waals surface area contributed by atoms with Gasteiger partial charge in [-0.25, -0.2) is 0 Å². The van der Waals surface area contributed by atoms with Crippen LogP contribution in [0.15, 0.2) is 4.99 Å². The lowest BCUT2D eigenvalue weighted by molar-refractivity contribution is 1.15. The summed E-state index contributed by atoms with van der Waals surface area (Å²) in [6.45, 7) is 2.16. The van der Waals surface area contributed by atoms with E-state index in [9.17, 15) is 0 Å². The highest BCUT2D eigenvalue weighted by molar-refractivity contribution is 9.09. The average Bonchev–Trinajstić information content (AvgIpc) is 2.34. The van der Waals surface area contributed by atoms with Gasteiger partial charge >= 0.3 is 0 Å². The number of hydrogen-bond acceptors (Lipinski definition) is 3. The van der Waals surface area contributed by atoms with Crippen LogP contribution >= 0.6 is 39.5 Å². The fourth-order valence-corrected chi connectivity index (χ4v) is 3.03. The minimum Gasteiger partial charge on any atom is -0.271 e. The van der Waals surface area contributed by atoms with Crippen LogP contribution in [0.5, 0.6) is 0 Å². The minimum absolute atomic E-state index is 0.472. The molecule has 1 heterocycles. The molecule has 0 saturated carbocycles. The molecule has 0 fully saturated rings. The summed E-state index contributed by atoms with van der Waals surface area (Å²) in [7, 11) is 0. The summed E-state index contributed by atoms with van der Waals surface area (Å²) >= 11 is 7.31. The molecule has 58 valence electrons. The molecule has 1 nitrogen and oxygen atoms in total. The van der Waals surface area contributed by atoms with Crippen LogP contribution in [0.4, 0.5) is 0 Å². The molecule has 0 bridgehead atoms. The number of thioether (sulfide) groups is 2. The molecule has 2 unspecified atom stereocenters. The molecule has 0 aromatic carbocycles. The summed E-state index contributed by atoms with van der Waals surface area (Å²) in [6, 6.07) is 0. The van der Waals surface area contributed by atoms with Crippen molar-refractivity contribution in [1.29, 1.82) is 0 Å². The number of hydrogen-bond donors (Lipinski definition) is 0. The van der Waals surface area contributed by atoms with Crippen LogP contribution in [0.1, 0.15) is 6.92 Å². The van der Waals surface area contributed by atoms with Gasteiger partial charge in [-0.05, 0) is 0 Å². The summed E-state index contributed by atoms with van der Waals surface area (Å²) in [6.07, 6.45) is 2.00. The monoisotopic (exact) mass is 239 g/mol. The highest BCUT2D eigenvalue weighted by Gasteiger charge is 2.11. The molecular weight excluding hydrogens is 230 g/mol. The summed E-state index contributed by atoms with van der Waals surface area (Å²) in [4.78, 5) is 4.89. The van der Waals surface area contributed by atoms with Crippen molar-refractivity contribution < 1.29 is 0 Å². The van der Waals surface area contributed by atoms with Crippen molar-refractivity contribution in [3.63, 3.8) is 0 Å². The maximum atomic E-state index is 4.29. The Morgan fingerprint density at radius 2 is 2.80 bits per heavy atom. The molecule has 1 rings (SSSR count). The van der Waals surface area contributed by atoms with Gasteiger partial charge in [0.15, 0.2) is 0 Å². The Bertz CT molecular complexity index is 127. The Morgan fingerprint density at radius 1 is 2.00 bits per heavy atom. The Balaban J connectivity index is 2.08. The first-order valence-corrected chi connectivity index (χ1v) is 6.19. The van der Waals surface area contributed by atoms with Gasteiger partial charge in [-0.1, -0.05) is 22.9 Å². The quantitative estimate of drug-likeness (QED) is 0.703. The normalized spacial score (nSPS) is 27.2. The van der Waals surface area contributed by atoms with Crippen LogP contribution in [-0.2, 0) is 0 Å². The molecule has 0 N–H and O–H groups in total. The fraction of sp³-hybridized carbons (Fsp3) is 0.833. The number of alkyl halides is 1. The zero-order chi connectivity index (χ0) is 7.40. The summed E-state index contributed by atoms with van der Waals surface area (Å²) in [5.74, 6) is 2.24. The molecule has 0 aromatic heterocycles. The molecule has 0 aliphatic carbocycles. The van der Waals surface area contributed by atoms with Crippen LogP contribution in [-0.4, -0.2) is 27.3 Å². The Morgan fingerprint density at radius 3 is 3.30 bits per heavy atom. The molecular formula is C6H10BrNS2. The molecule has 0 radical (unpaired) electrons. The highest BCUT2D eigenvalue weighted by atomic mass is 79.9. The van der Waals surface area contributed by atoms with Crippen LogP contribution < -0.4 is 0 Å². The topological polar surface area (TPSA) is 12.4 Å². The van der Waals surface area contributed by atoms with E-state index in [1.165, 1.54) is 0 Å². The third-order valence-electron chi connectivity index (χ3n) is 1.01. The maximum absolute atomic E-state index is 4.29. The molecule has 4 heteroatoms. The van der Waals surface area contributed by atoms with Crippen molar-refractivity contribution in [2.24, 2.45) is 4.99 Å². The van der Waals surface area contributed by atoms with Crippen molar-refractivity contribution in [1.82, 2.24) is 0 Å².